The summed E-state index contributed by atoms with van der Waals surface area (Å²) in [6.07, 6.45) is 0. The maximum Gasteiger partial charge on any atom is 0.160 e. The Hall–Kier alpha value is -11.6. The summed E-state index contributed by atoms with van der Waals surface area (Å²) in [6.45, 7) is 0. The van der Waals surface area contributed by atoms with Crippen LogP contribution in [-0.4, -0.2) is 14.5 Å². The van der Waals surface area contributed by atoms with E-state index in [0.29, 0.717) is 39.5 Å². The Morgan fingerprint density at radius 1 is 0.309 bits per heavy atom. The van der Waals surface area contributed by atoms with Crippen LogP contribution >= 0.6 is 0 Å². The van der Waals surface area contributed by atoms with Gasteiger partial charge in [-0.15, -0.1) is 0 Å². The average Bonchev–Trinajstić information content (AvgIpc) is 4.09. The molecule has 0 bridgehead atoms. The van der Waals surface area contributed by atoms with E-state index < -0.39 is 0 Å². The summed E-state index contributed by atoms with van der Waals surface area (Å²) in [5.74, 6) is 0.462. The molecule has 0 fully saturated rings. The molecule has 0 amide bonds. The van der Waals surface area contributed by atoms with E-state index in [0.717, 1.165) is 95.0 Å². The number of nitriles is 3. The molecule has 13 aromatic rings. The lowest BCUT2D eigenvalue weighted by atomic mass is 9.94. The van der Waals surface area contributed by atoms with Crippen molar-refractivity contribution in [2.75, 3.05) is 9.80 Å². The highest BCUT2D eigenvalue weighted by Crippen LogP contribution is 2.43. The second kappa shape index (κ2) is 21.4. The summed E-state index contributed by atoms with van der Waals surface area (Å²) in [6, 6.07) is 102. The molecule has 2 aromatic heterocycles. The third-order valence-corrected chi connectivity index (χ3v) is 14.7. The Labute approximate surface area is 469 Å². The molecule has 0 spiro atoms. The van der Waals surface area contributed by atoms with Gasteiger partial charge in [-0.2, -0.15) is 15.8 Å². The molecule has 8 nitrogen and oxygen atoms in total. The first-order valence-corrected chi connectivity index (χ1v) is 26.5. The van der Waals surface area contributed by atoms with Crippen LogP contribution in [0.2, 0.25) is 0 Å². The van der Waals surface area contributed by atoms with Gasteiger partial charge in [-0.05, 0) is 156 Å². The number of hydrogen-bond donors (Lipinski definition) is 0. The minimum atomic E-state index is 0.462. The largest absolute Gasteiger partial charge is 0.310 e. The van der Waals surface area contributed by atoms with E-state index in [1.165, 1.54) is 0 Å². The van der Waals surface area contributed by atoms with Crippen molar-refractivity contribution in [3.8, 4) is 80.1 Å². The van der Waals surface area contributed by atoms with E-state index in [4.69, 9.17) is 9.97 Å². The molecule has 0 aliphatic carbocycles. The first-order chi connectivity index (χ1) is 40.0. The van der Waals surface area contributed by atoms with E-state index in [9.17, 15) is 15.8 Å². The van der Waals surface area contributed by atoms with Crippen LogP contribution in [0.4, 0.5) is 34.1 Å². The zero-order valence-corrected chi connectivity index (χ0v) is 43.6. The molecule has 0 radical (unpaired) electrons. The van der Waals surface area contributed by atoms with E-state index in [2.05, 4.69) is 221 Å². The molecule has 0 unspecified atom stereocenters. The number of rotatable bonds is 12. The molecule has 0 aliphatic heterocycles. The fourth-order valence-corrected chi connectivity index (χ4v) is 10.8. The Bertz CT molecular complexity index is 4300. The van der Waals surface area contributed by atoms with Gasteiger partial charge in [0.05, 0.1) is 57.3 Å². The van der Waals surface area contributed by atoms with Crippen molar-refractivity contribution in [1.82, 2.24) is 14.5 Å². The number of benzene rings is 11. The second-order valence-electron chi connectivity index (χ2n) is 19.6. The zero-order valence-electron chi connectivity index (χ0n) is 43.6. The lowest BCUT2D eigenvalue weighted by Gasteiger charge is -2.26. The van der Waals surface area contributed by atoms with Gasteiger partial charge in [0.1, 0.15) is 0 Å². The monoisotopic (exact) mass is 1030 g/mol. The van der Waals surface area contributed by atoms with Crippen LogP contribution in [0.1, 0.15) is 16.7 Å². The van der Waals surface area contributed by atoms with E-state index in [1.54, 1.807) is 18.2 Å². The lowest BCUT2D eigenvalue weighted by molar-refractivity contribution is 1.18. The highest BCUT2D eigenvalue weighted by Gasteiger charge is 2.21. The van der Waals surface area contributed by atoms with Crippen molar-refractivity contribution in [3.05, 3.63) is 296 Å². The normalized spacial score (nSPS) is 10.9. The van der Waals surface area contributed by atoms with Gasteiger partial charge in [-0.25, -0.2) is 9.97 Å². The smallest absolute Gasteiger partial charge is 0.160 e. The first kappa shape index (κ1) is 49.0. The van der Waals surface area contributed by atoms with Gasteiger partial charge in [-0.3, -0.25) is 0 Å². The van der Waals surface area contributed by atoms with E-state index in [1.807, 2.05) is 72.8 Å². The summed E-state index contributed by atoms with van der Waals surface area (Å²) < 4.78 is 2.35. The summed E-state index contributed by atoms with van der Waals surface area (Å²) in [7, 11) is 0. The highest BCUT2D eigenvalue weighted by molar-refractivity contribution is 6.12. The third-order valence-electron chi connectivity index (χ3n) is 14.7. The maximum absolute atomic E-state index is 10.7. The molecule has 0 N–H and O–H groups in total. The number of aromatic nitrogens is 3. The standard InChI is InChI=1S/C73H46N8/c74-47-50-15-13-17-56(41-50)70-46-69(77-73(78-70)57-18-14-16-51(42-57)48-75)54-29-27-53(28-30-54)66-38-33-55(43-58(66)49-76)52-31-34-63(35-32-52)81-71-39-36-64(79(59-19-5-1-6-20-59)60-21-7-2-8-22-60)44-67(71)68-45-65(37-40-72(68)81)80(61-23-9-3-10-24-61)62-25-11-4-12-26-62/h1-46H. The SMILES string of the molecule is N#Cc1cccc(-c2cc(-c3ccc(-c4ccc(-c5ccc(-n6c7ccc(N(c8ccccc8)c8ccccc8)cc7c7cc(N(c8ccccc8)c8ccccc8)ccc76)cc5)cc4C#N)cc3)nc(-c3cccc(C#N)c3)n2)c1. The number of para-hydroxylation sites is 4. The molecular weight excluding hydrogens is 989 g/mol. The van der Waals surface area contributed by atoms with Gasteiger partial charge < -0.3 is 14.4 Å². The van der Waals surface area contributed by atoms with E-state index >= 15 is 0 Å². The van der Waals surface area contributed by atoms with Crippen LogP contribution in [-0.2, 0) is 0 Å². The predicted octanol–water partition coefficient (Wildman–Crippen LogP) is 18.5. The van der Waals surface area contributed by atoms with Crippen LogP contribution < -0.4 is 9.80 Å². The highest BCUT2D eigenvalue weighted by atomic mass is 15.1. The molecule has 0 saturated carbocycles. The van der Waals surface area contributed by atoms with Crippen LogP contribution in [0.3, 0.4) is 0 Å². The predicted molar refractivity (Wildman–Crippen MR) is 327 cm³/mol. The van der Waals surface area contributed by atoms with Gasteiger partial charge in [-0.1, -0.05) is 146 Å². The number of fused-ring (bicyclic) bond motifs is 3. The number of anilines is 6. The topological polar surface area (TPSA) is 109 Å². The minimum Gasteiger partial charge on any atom is -0.310 e. The van der Waals surface area contributed by atoms with Gasteiger partial charge >= 0.3 is 0 Å². The molecular formula is C73H46N8. The van der Waals surface area contributed by atoms with Crippen molar-refractivity contribution in [3.63, 3.8) is 0 Å². The Morgan fingerprint density at radius 2 is 0.753 bits per heavy atom. The molecule has 11 aromatic carbocycles. The van der Waals surface area contributed by atoms with Gasteiger partial charge in [0.2, 0.25) is 0 Å². The lowest BCUT2D eigenvalue weighted by Crippen LogP contribution is -2.09. The van der Waals surface area contributed by atoms with Crippen LogP contribution in [0.15, 0.2) is 279 Å². The summed E-state index contributed by atoms with van der Waals surface area (Å²) in [4.78, 5) is 14.5. The van der Waals surface area contributed by atoms with Crippen molar-refractivity contribution < 1.29 is 0 Å². The second-order valence-corrected chi connectivity index (χ2v) is 19.6. The summed E-state index contributed by atoms with van der Waals surface area (Å²) in [5, 5.41) is 32.2. The van der Waals surface area contributed by atoms with Crippen molar-refractivity contribution in [1.29, 1.82) is 15.8 Å². The average molecular weight is 1040 g/mol. The molecule has 8 heteroatoms. The van der Waals surface area contributed by atoms with Crippen molar-refractivity contribution in [2.45, 2.75) is 0 Å². The molecule has 2 heterocycles. The Balaban J connectivity index is 0.860. The van der Waals surface area contributed by atoms with Gasteiger partial charge in [0.15, 0.2) is 5.82 Å². The van der Waals surface area contributed by atoms with Gasteiger partial charge in [0, 0.05) is 67.3 Å². The maximum atomic E-state index is 10.7. The van der Waals surface area contributed by atoms with Crippen molar-refractivity contribution in [2.24, 2.45) is 0 Å². The number of hydrogen-bond acceptors (Lipinski definition) is 7. The van der Waals surface area contributed by atoms with Crippen LogP contribution in [0.25, 0.3) is 83.6 Å². The molecule has 0 aliphatic rings. The molecule has 13 rings (SSSR count). The third kappa shape index (κ3) is 9.57. The minimum absolute atomic E-state index is 0.462. The van der Waals surface area contributed by atoms with Crippen molar-refractivity contribution >= 4 is 55.9 Å². The van der Waals surface area contributed by atoms with Gasteiger partial charge in [0.25, 0.3) is 0 Å². The summed E-state index contributed by atoms with van der Waals surface area (Å²) in [5.41, 5.74) is 18.4. The number of nitrogens with zero attached hydrogens (tertiary/aromatic N) is 8. The quantitative estimate of drug-likeness (QED) is 0.120. The molecule has 0 atom stereocenters. The van der Waals surface area contributed by atoms with Crippen LogP contribution in [0, 0.1) is 34.0 Å². The fraction of sp³-hybridized carbons (Fsp3) is 0. The molecule has 81 heavy (non-hydrogen) atoms. The Kier molecular flexibility index (Phi) is 12.9. The Morgan fingerprint density at radius 3 is 1.25 bits per heavy atom. The van der Waals surface area contributed by atoms with Crippen LogP contribution in [0.5, 0.6) is 0 Å². The summed E-state index contributed by atoms with van der Waals surface area (Å²) >= 11 is 0. The fourth-order valence-electron chi connectivity index (χ4n) is 10.8. The van der Waals surface area contributed by atoms with E-state index in [-0.39, 0.29) is 0 Å². The molecule has 0 saturated heterocycles. The molecule has 378 valence electrons. The zero-order chi connectivity index (χ0) is 54.7. The first-order valence-electron chi connectivity index (χ1n) is 26.5.